The minimum Gasteiger partial charge on any atom is -0.491 e. The lowest BCUT2D eigenvalue weighted by atomic mass is 10.1. The van der Waals surface area contributed by atoms with Crippen LogP contribution in [0.3, 0.4) is 0 Å². The van der Waals surface area contributed by atoms with Gasteiger partial charge in [0.05, 0.1) is 44.9 Å². The van der Waals surface area contributed by atoms with E-state index < -0.39 is 0 Å². The van der Waals surface area contributed by atoms with Crippen molar-refractivity contribution < 1.29 is 23.1 Å². The van der Waals surface area contributed by atoms with Gasteiger partial charge in [0.1, 0.15) is 19.2 Å². The fraction of sp³-hybridized carbons (Fsp3) is 0.541. The molecule has 44 heavy (non-hydrogen) atoms. The van der Waals surface area contributed by atoms with Crippen molar-refractivity contribution in [2.24, 2.45) is 0 Å². The topological polar surface area (TPSA) is 60.5 Å². The largest absolute Gasteiger partial charge is 0.491 e. The molecule has 0 aromatic carbocycles. The number of halogens is 1. The average molecular weight is 611 g/mol. The Kier molecular flexibility index (Phi) is 23.0. The van der Waals surface area contributed by atoms with Crippen LogP contribution in [0.4, 0.5) is 4.39 Å². The number of pyridine rings is 1. The van der Waals surface area contributed by atoms with E-state index in [1.165, 1.54) is 0 Å². The quantitative estimate of drug-likeness (QED) is 0.101. The van der Waals surface area contributed by atoms with Gasteiger partial charge in [0.15, 0.2) is 0 Å². The van der Waals surface area contributed by atoms with Crippen molar-refractivity contribution in [3.05, 3.63) is 82.9 Å². The van der Waals surface area contributed by atoms with Gasteiger partial charge >= 0.3 is 0 Å². The van der Waals surface area contributed by atoms with Crippen molar-refractivity contribution in [2.45, 2.75) is 86.7 Å². The molecule has 7 heteroatoms. The van der Waals surface area contributed by atoms with Crippen molar-refractivity contribution in [3.63, 3.8) is 0 Å². The summed E-state index contributed by atoms with van der Waals surface area (Å²) in [5, 5.41) is 3.00. The number of aryl methyl sites for hydroxylation is 2. The van der Waals surface area contributed by atoms with Crippen LogP contribution in [0.5, 0.6) is 0 Å². The molecule has 6 nitrogen and oxygen atoms in total. The highest BCUT2D eigenvalue weighted by molar-refractivity contribution is 5.94. The Labute approximate surface area is 267 Å². The molecule has 1 aliphatic heterocycles. The van der Waals surface area contributed by atoms with Gasteiger partial charge < -0.3 is 19.3 Å². The number of ether oxygens (including phenoxy) is 2. The number of carbonyl (C=O) groups excluding carboxylic acids is 1. The second-order valence-electron chi connectivity index (χ2n) is 10.3. The number of morpholine rings is 1. The van der Waals surface area contributed by atoms with E-state index in [0.717, 1.165) is 60.9 Å². The average Bonchev–Trinajstić information content (AvgIpc) is 3.00. The minimum atomic E-state index is -0.0705. The van der Waals surface area contributed by atoms with Crippen molar-refractivity contribution in [1.29, 1.82) is 0 Å². The highest BCUT2D eigenvalue weighted by Crippen LogP contribution is 2.19. The van der Waals surface area contributed by atoms with Gasteiger partial charge in [-0.3, -0.25) is 9.78 Å². The first-order valence-electron chi connectivity index (χ1n) is 16.1. The molecule has 1 saturated heterocycles. The number of nitrogens with zero attached hydrogens (tertiary/aromatic N) is 2. The van der Waals surface area contributed by atoms with Crippen molar-refractivity contribution in [1.82, 2.24) is 10.3 Å². The Morgan fingerprint density at radius 3 is 2.48 bits per heavy atom. The Hall–Kier alpha value is -3.43. The summed E-state index contributed by atoms with van der Waals surface area (Å²) in [6.45, 7) is 19.0. The molecule has 1 aliphatic carbocycles. The number of likely N-dealkylation sites (N-methyl/N-ethyl adjacent to an activating group) is 1. The molecule has 0 saturated carbocycles. The Morgan fingerprint density at radius 2 is 1.86 bits per heavy atom. The van der Waals surface area contributed by atoms with Crippen LogP contribution in [0, 0.1) is 26.2 Å². The first-order chi connectivity index (χ1) is 21.2. The smallest absolute Gasteiger partial charge is 0.251 e. The molecule has 1 N–H and O–H groups in total. The SMILES string of the molecule is C#CC/C=C(\CC=C=CC)OC1/C=C\C/C(F)=C\CC1.CC.CC.Cc1cc(C(=O)NCC[N+]2(C)CCOCC2)cc(C)n1. The van der Waals surface area contributed by atoms with Crippen LogP contribution in [0.15, 0.2) is 65.9 Å². The van der Waals surface area contributed by atoms with Crippen LogP contribution >= 0.6 is 0 Å². The number of nitrogens with one attached hydrogen (secondary N) is 1. The van der Waals surface area contributed by atoms with Crippen LogP contribution in [-0.4, -0.2) is 67.9 Å². The summed E-state index contributed by atoms with van der Waals surface area (Å²) in [6.07, 6.45) is 19.3. The number of rotatable bonds is 9. The van der Waals surface area contributed by atoms with Gasteiger partial charge in [0, 0.05) is 36.2 Å². The maximum atomic E-state index is 13.1. The van der Waals surface area contributed by atoms with Crippen molar-refractivity contribution in [2.75, 3.05) is 46.4 Å². The van der Waals surface area contributed by atoms with Gasteiger partial charge in [-0.1, -0.05) is 39.8 Å². The number of quaternary nitrogens is 1. The lowest BCUT2D eigenvalue weighted by Gasteiger charge is -2.37. The molecule has 0 bridgehead atoms. The maximum Gasteiger partial charge on any atom is 0.251 e. The van der Waals surface area contributed by atoms with E-state index in [4.69, 9.17) is 15.9 Å². The molecular formula is C37H57FN3O3+. The van der Waals surface area contributed by atoms with Crippen LogP contribution in [0.1, 0.15) is 88.5 Å². The molecule has 244 valence electrons. The minimum absolute atomic E-state index is 0.0153. The van der Waals surface area contributed by atoms with Crippen LogP contribution in [0.2, 0.25) is 0 Å². The molecule has 1 amide bonds. The van der Waals surface area contributed by atoms with E-state index in [1.807, 2.05) is 91.0 Å². The Bertz CT molecular complexity index is 1130. The third-order valence-corrected chi connectivity index (χ3v) is 6.65. The molecular weight excluding hydrogens is 553 g/mol. The first-order valence-corrected chi connectivity index (χ1v) is 16.1. The highest BCUT2D eigenvalue weighted by Gasteiger charge is 2.24. The van der Waals surface area contributed by atoms with Gasteiger partial charge in [-0.25, -0.2) is 4.39 Å². The lowest BCUT2D eigenvalue weighted by Crippen LogP contribution is -2.54. The number of allylic oxidation sites excluding steroid dienone is 5. The lowest BCUT2D eigenvalue weighted by molar-refractivity contribution is -0.915. The maximum absolute atomic E-state index is 13.1. The van der Waals surface area contributed by atoms with E-state index in [-0.39, 0.29) is 17.8 Å². The van der Waals surface area contributed by atoms with E-state index >= 15 is 0 Å². The molecule has 2 aliphatic rings. The summed E-state index contributed by atoms with van der Waals surface area (Å²) >= 11 is 0. The van der Waals surface area contributed by atoms with Gasteiger partial charge in [0.25, 0.3) is 5.91 Å². The predicted molar refractivity (Wildman–Crippen MR) is 182 cm³/mol. The van der Waals surface area contributed by atoms with Crippen LogP contribution in [-0.2, 0) is 9.47 Å². The fourth-order valence-electron chi connectivity index (χ4n) is 4.35. The second-order valence-corrected chi connectivity index (χ2v) is 10.3. The number of amides is 1. The summed E-state index contributed by atoms with van der Waals surface area (Å²) in [5.41, 5.74) is 5.47. The molecule has 0 radical (unpaired) electrons. The molecule has 1 unspecified atom stereocenters. The number of hydrogen-bond acceptors (Lipinski definition) is 4. The zero-order valence-corrected chi connectivity index (χ0v) is 28.5. The third kappa shape index (κ3) is 18.3. The van der Waals surface area contributed by atoms with Gasteiger partial charge in [0.2, 0.25) is 0 Å². The zero-order valence-electron chi connectivity index (χ0n) is 28.5. The molecule has 1 fully saturated rings. The Balaban J connectivity index is 0.000000755. The standard InChI is InChI=1S/C18H21FO.C15H23N3O2.2C2H6/c1-3-5-7-13-17(12-6-4-2)20-18-14-8-10-16(19)11-9-15-18;1-12-10-14(11-13(2)17-12)15(19)16-4-5-18(3)6-8-20-9-7-18;2*1-2/h2-3,7-8,11-12,14,18H,6,9-10,13,15H2,1H3;10-11H,4-9H2,1-3H3;2*1-2H3/p+1/b14-8-,16-11+,17-12+;;;. The number of aromatic nitrogens is 1. The summed E-state index contributed by atoms with van der Waals surface area (Å²) in [5.74, 6) is 3.34. The first kappa shape index (κ1) is 40.6. The monoisotopic (exact) mass is 610 g/mol. The molecule has 1 atom stereocenters. The normalized spacial score (nSPS) is 18.9. The predicted octanol–water partition coefficient (Wildman–Crippen LogP) is 7.95. The summed E-state index contributed by atoms with van der Waals surface area (Å²) < 4.78 is 25.4. The summed E-state index contributed by atoms with van der Waals surface area (Å²) in [6, 6.07) is 3.65. The van der Waals surface area contributed by atoms with E-state index in [2.05, 4.69) is 29.0 Å². The van der Waals surface area contributed by atoms with E-state index in [0.29, 0.717) is 37.8 Å². The van der Waals surface area contributed by atoms with Crippen LogP contribution in [0.25, 0.3) is 0 Å². The summed E-state index contributed by atoms with van der Waals surface area (Å²) in [4.78, 5) is 16.4. The molecule has 1 aromatic heterocycles. The zero-order chi connectivity index (χ0) is 33.2. The number of carbonyl (C=O) groups is 1. The van der Waals surface area contributed by atoms with E-state index in [9.17, 15) is 9.18 Å². The van der Waals surface area contributed by atoms with Crippen molar-refractivity contribution in [3.8, 4) is 12.3 Å². The van der Waals surface area contributed by atoms with Crippen LogP contribution < -0.4 is 5.32 Å². The third-order valence-electron chi connectivity index (χ3n) is 6.65. The summed E-state index contributed by atoms with van der Waals surface area (Å²) in [7, 11) is 2.22. The second kappa shape index (κ2) is 25.0. The molecule has 1 aromatic rings. The highest BCUT2D eigenvalue weighted by atomic mass is 19.1. The van der Waals surface area contributed by atoms with Gasteiger partial charge in [-0.15, -0.1) is 18.1 Å². The molecule has 2 heterocycles. The van der Waals surface area contributed by atoms with Gasteiger partial charge in [-0.05, 0) is 70.0 Å². The Morgan fingerprint density at radius 1 is 1.20 bits per heavy atom. The fourth-order valence-corrected chi connectivity index (χ4v) is 4.35. The number of terminal acetylenes is 1. The molecule has 3 rings (SSSR count). The van der Waals surface area contributed by atoms with E-state index in [1.54, 1.807) is 6.08 Å². The van der Waals surface area contributed by atoms with Crippen molar-refractivity contribution >= 4 is 5.91 Å². The number of hydrogen-bond donors (Lipinski definition) is 1. The molecule has 0 spiro atoms. The van der Waals surface area contributed by atoms with Gasteiger partial charge in [-0.2, -0.15) is 0 Å².